The zero-order valence-corrected chi connectivity index (χ0v) is 13.4. The van der Waals surface area contributed by atoms with Crippen LogP contribution in [0.2, 0.25) is 0 Å². The van der Waals surface area contributed by atoms with E-state index in [4.69, 9.17) is 5.73 Å². The van der Waals surface area contributed by atoms with Gasteiger partial charge in [-0.15, -0.1) is 0 Å². The van der Waals surface area contributed by atoms with E-state index in [9.17, 15) is 4.79 Å². The Morgan fingerprint density at radius 2 is 2.10 bits per heavy atom. The summed E-state index contributed by atoms with van der Waals surface area (Å²) >= 11 is 0. The van der Waals surface area contributed by atoms with Crippen molar-refractivity contribution < 1.29 is 4.79 Å². The molecule has 0 aliphatic carbocycles. The first-order valence-electron chi connectivity index (χ1n) is 7.38. The third-order valence-electron chi connectivity index (χ3n) is 3.37. The normalized spacial score (nSPS) is 11.7. The van der Waals surface area contributed by atoms with Gasteiger partial charge in [0.15, 0.2) is 0 Å². The fourth-order valence-electron chi connectivity index (χ4n) is 2.22. The summed E-state index contributed by atoms with van der Waals surface area (Å²) in [4.78, 5) is 14.6. The Hall–Kier alpha value is -1.36. The molecule has 0 atom stereocenters. The Labute approximate surface area is 122 Å². The number of carbonyl (C=O) groups is 1. The number of aromatic nitrogens is 2. The van der Waals surface area contributed by atoms with Gasteiger partial charge in [0.1, 0.15) is 5.69 Å². The van der Waals surface area contributed by atoms with E-state index in [0.29, 0.717) is 25.3 Å². The molecule has 0 unspecified atom stereocenters. The topological polar surface area (TPSA) is 64.2 Å². The summed E-state index contributed by atoms with van der Waals surface area (Å²) in [5.41, 5.74) is 7.27. The molecule has 1 heterocycles. The van der Waals surface area contributed by atoms with Gasteiger partial charge in [-0.2, -0.15) is 5.10 Å². The molecular formula is C15H28N4O. The molecule has 5 heteroatoms. The molecule has 1 aromatic rings. The Morgan fingerprint density at radius 3 is 2.60 bits per heavy atom. The molecule has 0 spiro atoms. The predicted octanol–water partition coefficient (Wildman–Crippen LogP) is 2.05. The predicted molar refractivity (Wildman–Crippen MR) is 81.7 cm³/mol. The van der Waals surface area contributed by atoms with Gasteiger partial charge in [-0.05, 0) is 38.3 Å². The monoisotopic (exact) mass is 280 g/mol. The second-order valence-corrected chi connectivity index (χ2v) is 6.08. The van der Waals surface area contributed by atoms with Gasteiger partial charge in [-0.1, -0.05) is 20.8 Å². The fraction of sp³-hybridized carbons (Fsp3) is 0.733. The number of amides is 1. The molecule has 0 fully saturated rings. The first kappa shape index (κ1) is 16.7. The standard InChI is InChI=1S/C15H28N4O/c1-6-8-18(11-15(4,5)10-16)14(20)13-9-12(3)17-19(13)7-2/h9H,6-8,10-11,16H2,1-5H3. The molecule has 2 N–H and O–H groups in total. The molecule has 0 aliphatic rings. The summed E-state index contributed by atoms with van der Waals surface area (Å²) < 4.78 is 1.77. The number of carbonyl (C=O) groups excluding carboxylic acids is 1. The summed E-state index contributed by atoms with van der Waals surface area (Å²) in [5.74, 6) is 0.0517. The van der Waals surface area contributed by atoms with Crippen LogP contribution in [0.3, 0.4) is 0 Å². The number of rotatable bonds is 7. The molecule has 5 nitrogen and oxygen atoms in total. The van der Waals surface area contributed by atoms with E-state index in [1.807, 2.05) is 24.8 Å². The van der Waals surface area contributed by atoms with Crippen molar-refractivity contribution in [3.05, 3.63) is 17.5 Å². The number of hydrogen-bond acceptors (Lipinski definition) is 3. The van der Waals surface area contributed by atoms with Crippen LogP contribution < -0.4 is 5.73 Å². The van der Waals surface area contributed by atoms with Crippen LogP contribution in [0, 0.1) is 12.3 Å². The quantitative estimate of drug-likeness (QED) is 0.831. The molecule has 114 valence electrons. The lowest BCUT2D eigenvalue weighted by molar-refractivity contribution is 0.0677. The number of aryl methyl sites for hydroxylation is 2. The Kier molecular flexibility index (Phi) is 5.74. The molecule has 0 saturated carbocycles. The van der Waals surface area contributed by atoms with Gasteiger partial charge >= 0.3 is 0 Å². The van der Waals surface area contributed by atoms with E-state index in [1.54, 1.807) is 4.68 Å². The highest BCUT2D eigenvalue weighted by Gasteiger charge is 2.26. The van der Waals surface area contributed by atoms with Crippen molar-refractivity contribution in [2.75, 3.05) is 19.6 Å². The van der Waals surface area contributed by atoms with Crippen molar-refractivity contribution in [1.82, 2.24) is 14.7 Å². The molecular weight excluding hydrogens is 252 g/mol. The van der Waals surface area contributed by atoms with Crippen LogP contribution in [0.15, 0.2) is 6.07 Å². The van der Waals surface area contributed by atoms with E-state index in [0.717, 1.165) is 18.7 Å². The highest BCUT2D eigenvalue weighted by molar-refractivity contribution is 5.92. The lowest BCUT2D eigenvalue weighted by Gasteiger charge is -2.31. The summed E-state index contributed by atoms with van der Waals surface area (Å²) in [6, 6.07) is 1.87. The largest absolute Gasteiger partial charge is 0.337 e. The van der Waals surface area contributed by atoms with Gasteiger partial charge in [-0.25, -0.2) is 0 Å². The second kappa shape index (κ2) is 6.88. The van der Waals surface area contributed by atoms with Gasteiger partial charge in [0.25, 0.3) is 5.91 Å². The molecule has 1 amide bonds. The smallest absolute Gasteiger partial charge is 0.272 e. The first-order valence-corrected chi connectivity index (χ1v) is 7.38. The van der Waals surface area contributed by atoms with Crippen molar-refractivity contribution >= 4 is 5.91 Å². The van der Waals surface area contributed by atoms with Crippen LogP contribution in [0.4, 0.5) is 0 Å². The van der Waals surface area contributed by atoms with Crippen LogP contribution in [0.1, 0.15) is 50.3 Å². The van der Waals surface area contributed by atoms with Crippen LogP contribution >= 0.6 is 0 Å². The van der Waals surface area contributed by atoms with Gasteiger partial charge in [0, 0.05) is 19.6 Å². The Balaban J connectivity index is 2.98. The highest BCUT2D eigenvalue weighted by atomic mass is 16.2. The molecule has 20 heavy (non-hydrogen) atoms. The van der Waals surface area contributed by atoms with Gasteiger partial charge in [0.2, 0.25) is 0 Å². The number of nitrogens with zero attached hydrogens (tertiary/aromatic N) is 3. The highest BCUT2D eigenvalue weighted by Crippen LogP contribution is 2.18. The number of hydrogen-bond donors (Lipinski definition) is 1. The van der Waals surface area contributed by atoms with Crippen LogP contribution in [0.25, 0.3) is 0 Å². The minimum absolute atomic E-state index is 0.0517. The van der Waals surface area contributed by atoms with Crippen molar-refractivity contribution in [3.8, 4) is 0 Å². The van der Waals surface area contributed by atoms with E-state index >= 15 is 0 Å². The minimum Gasteiger partial charge on any atom is -0.337 e. The Morgan fingerprint density at radius 1 is 1.45 bits per heavy atom. The fourth-order valence-corrected chi connectivity index (χ4v) is 2.22. The maximum Gasteiger partial charge on any atom is 0.272 e. The maximum absolute atomic E-state index is 12.7. The van der Waals surface area contributed by atoms with E-state index in [1.165, 1.54) is 0 Å². The third kappa shape index (κ3) is 4.07. The molecule has 0 aliphatic heterocycles. The molecule has 0 aromatic carbocycles. The second-order valence-electron chi connectivity index (χ2n) is 6.08. The lowest BCUT2D eigenvalue weighted by atomic mass is 9.93. The first-order chi connectivity index (χ1) is 9.34. The summed E-state index contributed by atoms with van der Waals surface area (Å²) in [7, 11) is 0. The van der Waals surface area contributed by atoms with E-state index in [-0.39, 0.29) is 11.3 Å². The lowest BCUT2D eigenvalue weighted by Crippen LogP contribution is -2.43. The molecule has 0 saturated heterocycles. The third-order valence-corrected chi connectivity index (χ3v) is 3.37. The average molecular weight is 280 g/mol. The Bertz CT molecular complexity index is 451. The van der Waals surface area contributed by atoms with Crippen molar-refractivity contribution in [3.63, 3.8) is 0 Å². The van der Waals surface area contributed by atoms with Gasteiger partial charge < -0.3 is 10.6 Å². The van der Waals surface area contributed by atoms with E-state index in [2.05, 4.69) is 25.9 Å². The number of nitrogens with two attached hydrogens (primary N) is 1. The SMILES string of the molecule is CCCN(CC(C)(C)CN)C(=O)c1cc(C)nn1CC. The van der Waals surface area contributed by atoms with Crippen LogP contribution in [-0.2, 0) is 6.54 Å². The van der Waals surface area contributed by atoms with Gasteiger partial charge in [-0.3, -0.25) is 9.48 Å². The van der Waals surface area contributed by atoms with E-state index < -0.39 is 0 Å². The average Bonchev–Trinajstić information content (AvgIpc) is 2.78. The van der Waals surface area contributed by atoms with Crippen LogP contribution in [0.5, 0.6) is 0 Å². The summed E-state index contributed by atoms with van der Waals surface area (Å²) in [5, 5.41) is 4.35. The van der Waals surface area contributed by atoms with Crippen molar-refractivity contribution in [1.29, 1.82) is 0 Å². The molecule has 0 radical (unpaired) electrons. The van der Waals surface area contributed by atoms with Crippen LogP contribution in [-0.4, -0.2) is 40.2 Å². The van der Waals surface area contributed by atoms with Gasteiger partial charge in [0.05, 0.1) is 5.69 Å². The maximum atomic E-state index is 12.7. The zero-order chi connectivity index (χ0) is 15.3. The minimum atomic E-state index is -0.0725. The molecule has 0 bridgehead atoms. The van der Waals surface area contributed by atoms with Crippen molar-refractivity contribution in [2.24, 2.45) is 11.1 Å². The molecule has 1 aromatic heterocycles. The zero-order valence-electron chi connectivity index (χ0n) is 13.4. The molecule has 1 rings (SSSR count). The van der Waals surface area contributed by atoms with Crippen molar-refractivity contribution in [2.45, 2.75) is 47.6 Å². The summed E-state index contributed by atoms with van der Waals surface area (Å²) in [6.45, 7) is 12.9. The summed E-state index contributed by atoms with van der Waals surface area (Å²) in [6.07, 6.45) is 0.936.